The van der Waals surface area contributed by atoms with Crippen molar-refractivity contribution in [3.63, 3.8) is 0 Å². The molecule has 1 heterocycles. The molecular formula is C26H31NO4. The molecule has 1 N–H and O–H groups in total. The molecule has 0 aliphatic heterocycles. The van der Waals surface area contributed by atoms with Gasteiger partial charge >= 0.3 is 0 Å². The molecule has 0 spiro atoms. The fourth-order valence-electron chi connectivity index (χ4n) is 3.62. The van der Waals surface area contributed by atoms with E-state index < -0.39 is 0 Å². The Balaban J connectivity index is 2.06. The second-order valence-electron chi connectivity index (χ2n) is 8.03. The van der Waals surface area contributed by atoms with Crippen molar-refractivity contribution in [3.05, 3.63) is 53.8 Å². The molecule has 5 heteroatoms. The van der Waals surface area contributed by atoms with Gasteiger partial charge in [-0.15, -0.1) is 0 Å². The Labute approximate surface area is 184 Å². The molecule has 0 bridgehead atoms. The summed E-state index contributed by atoms with van der Waals surface area (Å²) < 4.78 is 17.2. The Kier molecular flexibility index (Phi) is 7.06. The van der Waals surface area contributed by atoms with Crippen LogP contribution in [0.4, 0.5) is 0 Å². The van der Waals surface area contributed by atoms with Gasteiger partial charge in [-0.05, 0) is 56.0 Å². The molecule has 3 aromatic rings. The van der Waals surface area contributed by atoms with Crippen LogP contribution in [0.1, 0.15) is 38.8 Å². The van der Waals surface area contributed by atoms with Crippen LogP contribution in [0.2, 0.25) is 0 Å². The number of ether oxygens (including phenoxy) is 2. The molecule has 0 aliphatic rings. The average molecular weight is 422 g/mol. The molecule has 0 unspecified atom stereocenters. The van der Waals surface area contributed by atoms with Gasteiger partial charge in [0.15, 0.2) is 0 Å². The van der Waals surface area contributed by atoms with Crippen molar-refractivity contribution in [2.24, 2.45) is 5.92 Å². The molecule has 0 radical (unpaired) electrons. The van der Waals surface area contributed by atoms with Crippen LogP contribution in [0.25, 0.3) is 27.7 Å². The van der Waals surface area contributed by atoms with Crippen molar-refractivity contribution in [2.75, 3.05) is 20.3 Å². The van der Waals surface area contributed by atoms with Crippen LogP contribution in [0.15, 0.2) is 47.1 Å². The Bertz CT molecular complexity index is 1090. The van der Waals surface area contributed by atoms with Gasteiger partial charge in [0.2, 0.25) is 5.91 Å². The SMILES string of the molecule is CCOc1ccc(-c2coc3c(C)c(OC)c(/C(C)=C/C(=O)NCC(C)C)cc23)cc1. The van der Waals surface area contributed by atoms with E-state index in [4.69, 9.17) is 13.9 Å². The monoisotopic (exact) mass is 421 g/mol. The van der Waals surface area contributed by atoms with Gasteiger partial charge in [0.1, 0.15) is 17.1 Å². The van der Waals surface area contributed by atoms with E-state index in [0.29, 0.717) is 24.8 Å². The van der Waals surface area contributed by atoms with E-state index in [1.807, 2.05) is 51.1 Å². The summed E-state index contributed by atoms with van der Waals surface area (Å²) in [5.74, 6) is 1.84. The lowest BCUT2D eigenvalue weighted by molar-refractivity contribution is -0.116. The maximum absolute atomic E-state index is 12.3. The summed E-state index contributed by atoms with van der Waals surface area (Å²) in [7, 11) is 1.64. The van der Waals surface area contributed by atoms with E-state index in [-0.39, 0.29) is 5.91 Å². The molecule has 0 saturated heterocycles. The third-order valence-corrected chi connectivity index (χ3v) is 5.18. The number of allylic oxidation sites excluding steroid dienone is 1. The fourth-order valence-corrected chi connectivity index (χ4v) is 3.62. The number of amides is 1. The minimum absolute atomic E-state index is 0.107. The second-order valence-corrected chi connectivity index (χ2v) is 8.03. The van der Waals surface area contributed by atoms with Crippen molar-refractivity contribution >= 4 is 22.4 Å². The number of benzene rings is 2. The number of hydrogen-bond acceptors (Lipinski definition) is 4. The van der Waals surface area contributed by atoms with Crippen molar-refractivity contribution in [2.45, 2.75) is 34.6 Å². The normalized spacial score (nSPS) is 11.8. The lowest BCUT2D eigenvalue weighted by Gasteiger charge is -2.13. The highest BCUT2D eigenvalue weighted by Gasteiger charge is 2.19. The van der Waals surface area contributed by atoms with Gasteiger partial charge in [0.05, 0.1) is 20.0 Å². The molecule has 0 aliphatic carbocycles. The highest BCUT2D eigenvalue weighted by molar-refractivity contribution is 6.01. The number of aryl methyl sites for hydroxylation is 1. The molecule has 1 aromatic heterocycles. The maximum atomic E-state index is 12.3. The summed E-state index contributed by atoms with van der Waals surface area (Å²) in [5, 5.41) is 3.91. The number of rotatable bonds is 8. The number of methoxy groups -OCH3 is 1. The number of hydrogen-bond donors (Lipinski definition) is 1. The zero-order valence-electron chi connectivity index (χ0n) is 19.2. The first-order chi connectivity index (χ1) is 14.8. The fraction of sp³-hybridized carbons (Fsp3) is 0.346. The number of carbonyl (C=O) groups is 1. The zero-order valence-corrected chi connectivity index (χ0v) is 19.2. The van der Waals surface area contributed by atoms with Gasteiger partial charge in [-0.3, -0.25) is 4.79 Å². The molecule has 1 amide bonds. The Morgan fingerprint density at radius 3 is 2.55 bits per heavy atom. The lowest BCUT2D eigenvalue weighted by Crippen LogP contribution is -2.25. The largest absolute Gasteiger partial charge is 0.496 e. The van der Waals surface area contributed by atoms with Crippen molar-refractivity contribution < 1.29 is 18.7 Å². The van der Waals surface area contributed by atoms with Crippen LogP contribution < -0.4 is 14.8 Å². The van der Waals surface area contributed by atoms with E-state index in [1.54, 1.807) is 19.4 Å². The van der Waals surface area contributed by atoms with E-state index in [2.05, 4.69) is 19.2 Å². The molecule has 0 saturated carbocycles. The van der Waals surface area contributed by atoms with E-state index in [9.17, 15) is 4.79 Å². The predicted octanol–water partition coefficient (Wildman–Crippen LogP) is 5.99. The van der Waals surface area contributed by atoms with Crippen molar-refractivity contribution in [1.82, 2.24) is 5.32 Å². The van der Waals surface area contributed by atoms with Crippen LogP contribution in [0.3, 0.4) is 0 Å². The van der Waals surface area contributed by atoms with Gasteiger partial charge in [-0.2, -0.15) is 0 Å². The van der Waals surface area contributed by atoms with Crippen LogP contribution in [0, 0.1) is 12.8 Å². The zero-order chi connectivity index (χ0) is 22.5. The topological polar surface area (TPSA) is 60.7 Å². The quantitative estimate of drug-likeness (QED) is 0.454. The van der Waals surface area contributed by atoms with E-state index in [0.717, 1.165) is 44.5 Å². The van der Waals surface area contributed by atoms with Crippen LogP contribution in [0.5, 0.6) is 11.5 Å². The molecule has 164 valence electrons. The molecule has 0 atom stereocenters. The molecule has 31 heavy (non-hydrogen) atoms. The smallest absolute Gasteiger partial charge is 0.244 e. The second kappa shape index (κ2) is 9.73. The first kappa shape index (κ1) is 22.5. The van der Waals surface area contributed by atoms with Crippen LogP contribution in [-0.2, 0) is 4.79 Å². The van der Waals surface area contributed by atoms with E-state index >= 15 is 0 Å². The number of fused-ring (bicyclic) bond motifs is 1. The molecule has 2 aromatic carbocycles. The molecular weight excluding hydrogens is 390 g/mol. The highest BCUT2D eigenvalue weighted by Crippen LogP contribution is 2.40. The summed E-state index contributed by atoms with van der Waals surface area (Å²) in [4.78, 5) is 12.3. The third-order valence-electron chi connectivity index (χ3n) is 5.18. The number of furan rings is 1. The first-order valence-corrected chi connectivity index (χ1v) is 10.6. The van der Waals surface area contributed by atoms with Gasteiger partial charge in [0.25, 0.3) is 0 Å². The standard InChI is InChI=1S/C26H31NO4/c1-7-30-20-10-8-19(9-11-20)23-15-31-26-18(5)25(29-6)21(13-22(23)26)17(4)12-24(28)27-14-16(2)3/h8-13,15-16H,7,14H2,1-6H3,(H,27,28)/b17-12+. The number of nitrogens with one attached hydrogen (secondary N) is 1. The third kappa shape index (κ3) is 4.93. The first-order valence-electron chi connectivity index (χ1n) is 10.6. The molecule has 0 fully saturated rings. The van der Waals surface area contributed by atoms with Gasteiger partial charge in [-0.1, -0.05) is 26.0 Å². The van der Waals surface area contributed by atoms with Gasteiger partial charge in [-0.25, -0.2) is 0 Å². The van der Waals surface area contributed by atoms with Gasteiger partial charge in [0, 0.05) is 34.7 Å². The summed E-state index contributed by atoms with van der Waals surface area (Å²) in [5.41, 5.74) is 5.42. The predicted molar refractivity (Wildman–Crippen MR) is 126 cm³/mol. The van der Waals surface area contributed by atoms with Gasteiger partial charge < -0.3 is 19.2 Å². The summed E-state index contributed by atoms with van der Waals surface area (Å²) >= 11 is 0. The maximum Gasteiger partial charge on any atom is 0.244 e. The molecule has 5 nitrogen and oxygen atoms in total. The number of carbonyl (C=O) groups excluding carboxylic acids is 1. The van der Waals surface area contributed by atoms with Crippen molar-refractivity contribution in [1.29, 1.82) is 0 Å². The molecule has 3 rings (SSSR count). The highest BCUT2D eigenvalue weighted by atomic mass is 16.5. The van der Waals surface area contributed by atoms with Crippen LogP contribution >= 0.6 is 0 Å². The minimum Gasteiger partial charge on any atom is -0.496 e. The average Bonchev–Trinajstić information content (AvgIpc) is 3.17. The summed E-state index contributed by atoms with van der Waals surface area (Å²) in [6.07, 6.45) is 3.40. The lowest BCUT2D eigenvalue weighted by atomic mass is 9.96. The summed E-state index contributed by atoms with van der Waals surface area (Å²) in [6, 6.07) is 10.0. The van der Waals surface area contributed by atoms with Crippen molar-refractivity contribution in [3.8, 4) is 22.6 Å². The minimum atomic E-state index is -0.107. The Morgan fingerprint density at radius 2 is 1.94 bits per heavy atom. The Hall–Kier alpha value is -3.21. The Morgan fingerprint density at radius 1 is 1.23 bits per heavy atom. The van der Waals surface area contributed by atoms with E-state index in [1.165, 1.54) is 0 Å². The van der Waals surface area contributed by atoms with Crippen LogP contribution in [-0.4, -0.2) is 26.2 Å². The summed E-state index contributed by atoms with van der Waals surface area (Å²) in [6.45, 7) is 11.3.